The monoisotopic (exact) mass is 412 g/mol. The Morgan fingerprint density at radius 3 is 2.64 bits per heavy atom. The molecule has 25 heavy (non-hydrogen) atoms. The minimum Gasteiger partial charge on any atom is -0.411 e. The van der Waals surface area contributed by atoms with Crippen LogP contribution in [0.2, 0.25) is 10.0 Å². The van der Waals surface area contributed by atoms with Gasteiger partial charge < -0.3 is 4.42 Å². The van der Waals surface area contributed by atoms with Gasteiger partial charge in [-0.15, -0.1) is 10.2 Å². The molecule has 0 N–H and O–H groups in total. The predicted molar refractivity (Wildman–Crippen MR) is 103 cm³/mol. The molecule has 0 unspecified atom stereocenters. The van der Waals surface area contributed by atoms with E-state index in [1.54, 1.807) is 18.2 Å². The summed E-state index contributed by atoms with van der Waals surface area (Å²) in [5, 5.41) is 9.48. The first-order chi connectivity index (χ1) is 12.0. The Kier molecular flexibility index (Phi) is 6.17. The number of thioether (sulfide) groups is 1. The van der Waals surface area contributed by atoms with Crippen LogP contribution < -0.4 is 0 Å². The number of aromatic nitrogens is 2. The number of nitrogens with zero attached hydrogens (tertiary/aromatic N) is 2. The van der Waals surface area contributed by atoms with Crippen molar-refractivity contribution in [2.75, 3.05) is 11.5 Å². The zero-order chi connectivity index (χ0) is 17.8. The molecule has 3 rings (SSSR count). The summed E-state index contributed by atoms with van der Waals surface area (Å²) in [6.45, 7) is 2.02. The molecule has 0 aliphatic rings. The van der Waals surface area contributed by atoms with Gasteiger partial charge in [-0.05, 0) is 37.3 Å². The van der Waals surface area contributed by atoms with Crippen LogP contribution in [0.3, 0.4) is 0 Å². The number of hydrogen-bond acceptors (Lipinski definition) is 5. The summed E-state index contributed by atoms with van der Waals surface area (Å²) in [6.07, 6.45) is 0. The summed E-state index contributed by atoms with van der Waals surface area (Å²) in [4.78, 5) is 0.542. The molecule has 0 spiro atoms. The SMILES string of the molecule is Cc1ccc(-c2nnc(SCC[S@](=O)c3cc(Cl)ccc3Cl)o2)cc1. The van der Waals surface area contributed by atoms with E-state index >= 15 is 0 Å². The van der Waals surface area contributed by atoms with E-state index in [1.165, 1.54) is 17.3 Å². The standard InChI is InChI=1S/C17H14Cl2N2O2S2/c1-11-2-4-12(5-3-11)16-20-21-17(23-16)24-8-9-25(22)15-10-13(18)6-7-14(15)19/h2-7,10H,8-9H2,1H3/t25-/m0/s1. The zero-order valence-electron chi connectivity index (χ0n) is 13.2. The van der Waals surface area contributed by atoms with E-state index in [0.29, 0.717) is 37.6 Å². The molecule has 0 amide bonds. The molecule has 0 aliphatic carbocycles. The van der Waals surface area contributed by atoms with Gasteiger partial charge in [-0.25, -0.2) is 0 Å². The van der Waals surface area contributed by atoms with Crippen LogP contribution in [0.25, 0.3) is 11.5 Å². The van der Waals surface area contributed by atoms with Crippen molar-refractivity contribution in [3.05, 3.63) is 58.1 Å². The van der Waals surface area contributed by atoms with Crippen molar-refractivity contribution in [2.24, 2.45) is 0 Å². The molecule has 0 aliphatic heterocycles. The van der Waals surface area contributed by atoms with Crippen molar-refractivity contribution < 1.29 is 8.63 Å². The van der Waals surface area contributed by atoms with Gasteiger partial charge >= 0.3 is 0 Å². The lowest BCUT2D eigenvalue weighted by molar-refractivity contribution is 0.466. The molecule has 4 nitrogen and oxygen atoms in total. The fourth-order valence-corrected chi connectivity index (χ4v) is 4.77. The molecule has 3 aromatic rings. The average Bonchev–Trinajstić information content (AvgIpc) is 3.06. The third kappa shape index (κ3) is 4.85. The molecule has 130 valence electrons. The van der Waals surface area contributed by atoms with E-state index < -0.39 is 10.8 Å². The molecule has 1 aromatic heterocycles. The molecule has 1 heterocycles. The Morgan fingerprint density at radius 1 is 1.12 bits per heavy atom. The van der Waals surface area contributed by atoms with Crippen LogP contribution in [0.1, 0.15) is 5.56 Å². The van der Waals surface area contributed by atoms with Gasteiger partial charge in [0.2, 0.25) is 5.89 Å². The maximum atomic E-state index is 12.4. The van der Waals surface area contributed by atoms with Crippen molar-refractivity contribution >= 4 is 45.8 Å². The molecule has 0 saturated heterocycles. The highest BCUT2D eigenvalue weighted by Gasteiger charge is 2.12. The van der Waals surface area contributed by atoms with E-state index in [-0.39, 0.29) is 0 Å². The number of aryl methyl sites for hydroxylation is 1. The van der Waals surface area contributed by atoms with Crippen LogP contribution in [0, 0.1) is 6.92 Å². The molecular formula is C17H14Cl2N2O2S2. The second-order valence-electron chi connectivity index (χ2n) is 5.21. The summed E-state index contributed by atoms with van der Waals surface area (Å²) in [6, 6.07) is 12.8. The zero-order valence-corrected chi connectivity index (χ0v) is 16.4. The van der Waals surface area contributed by atoms with E-state index in [1.807, 2.05) is 31.2 Å². The van der Waals surface area contributed by atoms with Gasteiger partial charge in [-0.3, -0.25) is 4.21 Å². The van der Waals surface area contributed by atoms with Crippen LogP contribution in [-0.4, -0.2) is 25.9 Å². The van der Waals surface area contributed by atoms with Crippen molar-refractivity contribution in [3.63, 3.8) is 0 Å². The summed E-state index contributed by atoms with van der Waals surface area (Å²) in [5.74, 6) is 1.44. The molecule has 0 saturated carbocycles. The summed E-state index contributed by atoms with van der Waals surface area (Å²) in [5.41, 5.74) is 2.04. The Labute approximate surface area is 162 Å². The molecule has 0 radical (unpaired) electrons. The fraction of sp³-hybridized carbons (Fsp3) is 0.176. The maximum absolute atomic E-state index is 12.4. The van der Waals surface area contributed by atoms with Crippen LogP contribution in [-0.2, 0) is 10.8 Å². The summed E-state index contributed by atoms with van der Waals surface area (Å²) >= 11 is 13.4. The van der Waals surface area contributed by atoms with Crippen molar-refractivity contribution in [2.45, 2.75) is 17.0 Å². The second kappa shape index (κ2) is 8.36. The van der Waals surface area contributed by atoms with Gasteiger partial charge in [0.15, 0.2) is 0 Å². The van der Waals surface area contributed by atoms with E-state index in [0.717, 1.165) is 5.56 Å². The Balaban J connectivity index is 1.58. The molecule has 2 aromatic carbocycles. The summed E-state index contributed by atoms with van der Waals surface area (Å²) < 4.78 is 18.0. The van der Waals surface area contributed by atoms with Gasteiger partial charge in [0.05, 0.1) is 20.7 Å². The summed E-state index contributed by atoms with van der Waals surface area (Å²) in [7, 11) is -1.24. The lowest BCUT2D eigenvalue weighted by Crippen LogP contribution is -2.01. The smallest absolute Gasteiger partial charge is 0.276 e. The number of hydrogen-bond donors (Lipinski definition) is 0. The lowest BCUT2D eigenvalue weighted by atomic mass is 10.1. The first-order valence-electron chi connectivity index (χ1n) is 7.40. The Bertz CT molecular complexity index is 898. The number of benzene rings is 2. The average molecular weight is 413 g/mol. The highest BCUT2D eigenvalue weighted by atomic mass is 35.5. The molecule has 8 heteroatoms. The van der Waals surface area contributed by atoms with Crippen molar-refractivity contribution in [1.29, 1.82) is 0 Å². The van der Waals surface area contributed by atoms with Gasteiger partial charge in [0.25, 0.3) is 5.22 Å². The Hall–Kier alpha value is -1.34. The second-order valence-corrected chi connectivity index (χ2v) is 8.64. The normalized spacial score (nSPS) is 12.3. The molecular weight excluding hydrogens is 399 g/mol. The predicted octanol–water partition coefficient (Wildman–Crippen LogP) is 5.25. The Morgan fingerprint density at radius 2 is 1.88 bits per heavy atom. The molecule has 0 fully saturated rings. The fourth-order valence-electron chi connectivity index (χ4n) is 2.05. The third-order valence-electron chi connectivity index (χ3n) is 3.34. The largest absolute Gasteiger partial charge is 0.411 e. The number of halogens is 2. The van der Waals surface area contributed by atoms with Gasteiger partial charge in [0.1, 0.15) is 0 Å². The molecule has 1 atom stereocenters. The van der Waals surface area contributed by atoms with Gasteiger partial charge in [-0.1, -0.05) is 52.7 Å². The minimum atomic E-state index is -1.24. The quantitative estimate of drug-likeness (QED) is 0.517. The number of rotatable bonds is 6. The lowest BCUT2D eigenvalue weighted by Gasteiger charge is -2.04. The van der Waals surface area contributed by atoms with Crippen LogP contribution in [0.15, 0.2) is 57.0 Å². The third-order valence-corrected chi connectivity index (χ3v) is 6.50. The molecule has 0 bridgehead atoms. The maximum Gasteiger partial charge on any atom is 0.276 e. The minimum absolute atomic E-state index is 0.410. The van der Waals surface area contributed by atoms with Crippen LogP contribution in [0.4, 0.5) is 0 Å². The van der Waals surface area contributed by atoms with Crippen molar-refractivity contribution in [3.8, 4) is 11.5 Å². The van der Waals surface area contributed by atoms with Gasteiger partial charge in [-0.2, -0.15) is 0 Å². The highest BCUT2D eigenvalue weighted by molar-refractivity contribution is 8.00. The van der Waals surface area contributed by atoms with Crippen molar-refractivity contribution in [1.82, 2.24) is 10.2 Å². The van der Waals surface area contributed by atoms with Crippen LogP contribution >= 0.6 is 35.0 Å². The van der Waals surface area contributed by atoms with Crippen LogP contribution in [0.5, 0.6) is 0 Å². The first-order valence-corrected chi connectivity index (χ1v) is 10.5. The van der Waals surface area contributed by atoms with Gasteiger partial charge in [0, 0.05) is 22.1 Å². The van der Waals surface area contributed by atoms with E-state index in [2.05, 4.69) is 10.2 Å². The van der Waals surface area contributed by atoms with E-state index in [9.17, 15) is 4.21 Å². The highest BCUT2D eigenvalue weighted by Crippen LogP contribution is 2.26. The van der Waals surface area contributed by atoms with E-state index in [4.69, 9.17) is 27.6 Å². The first kappa shape index (κ1) is 18.5. The topological polar surface area (TPSA) is 56.0 Å².